The van der Waals surface area contributed by atoms with E-state index in [1.165, 1.54) is 16.7 Å². The molecule has 0 radical (unpaired) electrons. The summed E-state index contributed by atoms with van der Waals surface area (Å²) in [7, 11) is 0. The number of thioether (sulfide) groups is 1. The van der Waals surface area contributed by atoms with E-state index in [0.29, 0.717) is 14.9 Å². The van der Waals surface area contributed by atoms with Gasteiger partial charge in [-0.25, -0.2) is 0 Å². The minimum Gasteiger partial charge on any atom is -0.268 e. The zero-order valence-corrected chi connectivity index (χ0v) is 11.9. The molecule has 2 aromatic heterocycles. The number of carbonyl (C=O) groups is 1. The summed E-state index contributed by atoms with van der Waals surface area (Å²) in [5, 5.41) is 0. The number of rotatable bonds is 2. The van der Waals surface area contributed by atoms with Crippen LogP contribution in [0.5, 0.6) is 0 Å². The molecule has 0 aliphatic carbocycles. The van der Waals surface area contributed by atoms with Gasteiger partial charge in [-0.2, -0.15) is 0 Å². The summed E-state index contributed by atoms with van der Waals surface area (Å²) in [5.74, 6) is -0.121. The van der Waals surface area contributed by atoms with E-state index < -0.39 is 0 Å². The lowest BCUT2D eigenvalue weighted by Crippen LogP contribution is -2.27. The molecule has 3 heterocycles. The van der Waals surface area contributed by atoms with Crippen LogP contribution in [-0.2, 0) is 4.79 Å². The van der Waals surface area contributed by atoms with Gasteiger partial charge in [0, 0.05) is 18.6 Å². The van der Waals surface area contributed by atoms with Gasteiger partial charge in [0.15, 0.2) is 4.32 Å². The Labute approximate surface area is 125 Å². The Morgan fingerprint density at radius 3 is 2.65 bits per heavy atom. The van der Waals surface area contributed by atoms with Gasteiger partial charge >= 0.3 is 0 Å². The summed E-state index contributed by atoms with van der Waals surface area (Å²) in [4.78, 5) is 22.5. The molecular formula is C14H9N3OS2. The second kappa shape index (κ2) is 5.52. The van der Waals surface area contributed by atoms with Crippen LogP contribution in [0.1, 0.15) is 5.56 Å². The standard InChI is InChI=1S/C14H9N3OS2/c18-13-12(8-10-3-6-15-7-4-10)20-14(19)17(13)11-2-1-5-16-9-11/h1-9H/b12-8-. The number of thiocarbonyl (C=S) groups is 1. The molecule has 0 unspecified atom stereocenters. The molecule has 20 heavy (non-hydrogen) atoms. The van der Waals surface area contributed by atoms with Crippen molar-refractivity contribution in [2.45, 2.75) is 0 Å². The van der Waals surface area contributed by atoms with Gasteiger partial charge in [-0.3, -0.25) is 19.7 Å². The van der Waals surface area contributed by atoms with Crippen LogP contribution >= 0.6 is 24.0 Å². The second-order valence-corrected chi connectivity index (χ2v) is 5.68. The summed E-state index contributed by atoms with van der Waals surface area (Å²) in [6.45, 7) is 0. The summed E-state index contributed by atoms with van der Waals surface area (Å²) in [6.07, 6.45) is 8.48. The molecular weight excluding hydrogens is 290 g/mol. The van der Waals surface area contributed by atoms with E-state index in [-0.39, 0.29) is 5.91 Å². The van der Waals surface area contributed by atoms with E-state index in [2.05, 4.69) is 9.97 Å². The van der Waals surface area contributed by atoms with Gasteiger partial charge in [0.2, 0.25) is 0 Å². The van der Waals surface area contributed by atoms with Gasteiger partial charge in [0.05, 0.1) is 16.8 Å². The second-order valence-electron chi connectivity index (χ2n) is 4.01. The summed E-state index contributed by atoms with van der Waals surface area (Å²) >= 11 is 6.57. The van der Waals surface area contributed by atoms with Crippen molar-refractivity contribution in [1.82, 2.24) is 9.97 Å². The Morgan fingerprint density at radius 2 is 1.95 bits per heavy atom. The number of amides is 1. The number of aromatic nitrogens is 2. The van der Waals surface area contributed by atoms with Crippen molar-refractivity contribution >= 4 is 46.0 Å². The lowest BCUT2D eigenvalue weighted by Gasteiger charge is -2.13. The molecule has 1 saturated heterocycles. The molecule has 98 valence electrons. The van der Waals surface area contributed by atoms with Crippen molar-refractivity contribution < 1.29 is 4.79 Å². The van der Waals surface area contributed by atoms with Gasteiger partial charge in [-0.05, 0) is 35.9 Å². The molecule has 0 saturated carbocycles. The third-order valence-corrected chi connectivity index (χ3v) is 4.00. The van der Waals surface area contributed by atoms with Crippen LogP contribution in [0.4, 0.5) is 5.69 Å². The zero-order chi connectivity index (χ0) is 13.9. The molecule has 4 nitrogen and oxygen atoms in total. The van der Waals surface area contributed by atoms with E-state index >= 15 is 0 Å². The predicted octanol–water partition coefficient (Wildman–Crippen LogP) is 2.88. The Balaban J connectivity index is 1.93. The maximum atomic E-state index is 12.4. The molecule has 2 aromatic rings. The molecule has 0 aromatic carbocycles. The van der Waals surface area contributed by atoms with Crippen molar-refractivity contribution in [2.75, 3.05) is 4.90 Å². The molecule has 0 bridgehead atoms. The first-order valence-corrected chi connectivity index (χ1v) is 7.06. The van der Waals surface area contributed by atoms with Crippen molar-refractivity contribution in [1.29, 1.82) is 0 Å². The van der Waals surface area contributed by atoms with E-state index in [9.17, 15) is 4.79 Å². The van der Waals surface area contributed by atoms with Crippen LogP contribution in [-0.4, -0.2) is 20.2 Å². The smallest absolute Gasteiger partial charge is 0.268 e. The van der Waals surface area contributed by atoms with Crippen LogP contribution in [0.3, 0.4) is 0 Å². The maximum absolute atomic E-state index is 12.4. The van der Waals surface area contributed by atoms with E-state index in [1.54, 1.807) is 30.9 Å². The van der Waals surface area contributed by atoms with Gasteiger partial charge in [0.1, 0.15) is 0 Å². The lowest BCUT2D eigenvalue weighted by molar-refractivity contribution is -0.113. The minimum absolute atomic E-state index is 0.121. The molecule has 0 atom stereocenters. The topological polar surface area (TPSA) is 46.1 Å². The van der Waals surface area contributed by atoms with E-state index in [0.717, 1.165) is 5.56 Å². The number of nitrogens with zero attached hydrogens (tertiary/aromatic N) is 3. The number of carbonyl (C=O) groups excluding carboxylic acids is 1. The van der Waals surface area contributed by atoms with Crippen LogP contribution in [0.15, 0.2) is 54.0 Å². The average molecular weight is 299 g/mol. The lowest BCUT2D eigenvalue weighted by atomic mass is 10.2. The van der Waals surface area contributed by atoms with Crippen LogP contribution in [0.25, 0.3) is 6.08 Å². The number of hydrogen-bond acceptors (Lipinski definition) is 5. The highest BCUT2D eigenvalue weighted by atomic mass is 32.2. The normalized spacial score (nSPS) is 17.0. The van der Waals surface area contributed by atoms with Crippen molar-refractivity contribution in [3.63, 3.8) is 0 Å². The van der Waals surface area contributed by atoms with Gasteiger partial charge < -0.3 is 0 Å². The molecule has 1 amide bonds. The summed E-state index contributed by atoms with van der Waals surface area (Å²) < 4.78 is 0.517. The Hall–Kier alpha value is -2.05. The molecule has 0 spiro atoms. The maximum Gasteiger partial charge on any atom is 0.270 e. The van der Waals surface area contributed by atoms with Crippen molar-refractivity contribution in [3.05, 3.63) is 59.5 Å². The molecule has 1 aliphatic heterocycles. The zero-order valence-electron chi connectivity index (χ0n) is 10.3. The van der Waals surface area contributed by atoms with Gasteiger partial charge in [-0.1, -0.05) is 24.0 Å². The molecule has 1 aliphatic rings. The average Bonchev–Trinajstić information content (AvgIpc) is 2.75. The monoisotopic (exact) mass is 299 g/mol. The SMILES string of the molecule is O=C1/C(=C/c2ccncc2)SC(=S)N1c1cccnc1. The quantitative estimate of drug-likeness (QED) is 0.630. The first-order valence-electron chi connectivity index (χ1n) is 5.84. The van der Waals surface area contributed by atoms with Crippen LogP contribution < -0.4 is 4.90 Å². The Morgan fingerprint density at radius 1 is 1.15 bits per heavy atom. The van der Waals surface area contributed by atoms with E-state index in [1.807, 2.05) is 24.3 Å². The molecule has 6 heteroatoms. The minimum atomic E-state index is -0.121. The predicted molar refractivity (Wildman–Crippen MR) is 84.1 cm³/mol. The fourth-order valence-electron chi connectivity index (χ4n) is 1.79. The molecule has 1 fully saturated rings. The first kappa shape index (κ1) is 13.0. The summed E-state index contributed by atoms with van der Waals surface area (Å²) in [6, 6.07) is 7.28. The van der Waals surface area contributed by atoms with Crippen molar-refractivity contribution in [3.8, 4) is 0 Å². The third kappa shape index (κ3) is 2.48. The highest BCUT2D eigenvalue weighted by Crippen LogP contribution is 2.35. The highest BCUT2D eigenvalue weighted by molar-refractivity contribution is 8.27. The number of hydrogen-bond donors (Lipinski definition) is 0. The fraction of sp³-hybridized carbons (Fsp3) is 0. The van der Waals surface area contributed by atoms with Gasteiger partial charge in [-0.15, -0.1) is 0 Å². The Bertz CT molecular complexity index is 686. The largest absolute Gasteiger partial charge is 0.270 e. The third-order valence-electron chi connectivity index (χ3n) is 2.70. The summed E-state index contributed by atoms with van der Waals surface area (Å²) in [5.41, 5.74) is 1.61. The molecule has 0 N–H and O–H groups in total. The van der Waals surface area contributed by atoms with Gasteiger partial charge in [0.25, 0.3) is 5.91 Å². The Kier molecular flexibility index (Phi) is 3.58. The molecule has 3 rings (SSSR count). The van der Waals surface area contributed by atoms with E-state index in [4.69, 9.17) is 12.2 Å². The number of anilines is 1. The highest BCUT2D eigenvalue weighted by Gasteiger charge is 2.33. The number of pyridine rings is 2. The van der Waals surface area contributed by atoms with Crippen LogP contribution in [0.2, 0.25) is 0 Å². The van der Waals surface area contributed by atoms with Crippen LogP contribution in [0, 0.1) is 0 Å². The fourth-order valence-corrected chi connectivity index (χ4v) is 3.09. The van der Waals surface area contributed by atoms with Crippen molar-refractivity contribution in [2.24, 2.45) is 0 Å². The first-order chi connectivity index (χ1) is 9.75.